The van der Waals surface area contributed by atoms with E-state index in [1.807, 2.05) is 66.9 Å². The van der Waals surface area contributed by atoms with Crippen LogP contribution in [0.15, 0.2) is 66.9 Å². The normalized spacial score (nSPS) is 11.5. The Hall–Kier alpha value is -1.81. The van der Waals surface area contributed by atoms with Crippen molar-refractivity contribution < 1.29 is 14.1 Å². The number of carbonyl (C=O) groups is 1. The molecule has 0 saturated carbocycles. The summed E-state index contributed by atoms with van der Waals surface area (Å²) in [5.41, 5.74) is 1.38. The Morgan fingerprint density at radius 1 is 0.958 bits per heavy atom. The zero-order chi connectivity index (χ0) is 17.2. The molecule has 3 aromatic rings. The van der Waals surface area contributed by atoms with Gasteiger partial charge in [0.2, 0.25) is 0 Å². The molecule has 0 saturated heterocycles. The Labute approximate surface area is 154 Å². The molecule has 24 heavy (non-hydrogen) atoms. The average molecular weight is 382 g/mol. The molecule has 3 rings (SSSR count). The lowest BCUT2D eigenvalue weighted by Gasteiger charge is -2.12. The summed E-state index contributed by atoms with van der Waals surface area (Å²) in [5.74, 6) is -0.692. The molecule has 0 amide bonds. The molecule has 0 N–H and O–H groups in total. The maximum Gasteiger partial charge on any atom is 0.407 e. The lowest BCUT2D eigenvalue weighted by molar-refractivity contribution is -0.689. The number of nitrogens with zero attached hydrogens (tertiary/aromatic N) is 1. The van der Waals surface area contributed by atoms with Crippen LogP contribution in [-0.4, -0.2) is 9.95 Å². The quantitative estimate of drug-likeness (QED) is 0.375. The topological polar surface area (TPSA) is 30.2 Å². The van der Waals surface area contributed by atoms with Gasteiger partial charge >= 0.3 is 9.95 Å². The van der Waals surface area contributed by atoms with E-state index >= 15 is 0 Å². The number of hydrogen-bond donors (Lipinski definition) is 0. The van der Waals surface area contributed by atoms with E-state index in [1.54, 1.807) is 4.57 Å². The van der Waals surface area contributed by atoms with E-state index in [0.717, 1.165) is 16.3 Å². The number of rotatable bonds is 3. The molecule has 6 heteroatoms. The van der Waals surface area contributed by atoms with Gasteiger partial charge in [0.25, 0.3) is 5.69 Å². The van der Waals surface area contributed by atoms with Crippen molar-refractivity contribution in [3.63, 3.8) is 0 Å². The predicted molar refractivity (Wildman–Crippen MR) is 95.4 cm³/mol. The van der Waals surface area contributed by atoms with Crippen LogP contribution in [0.5, 0.6) is 0 Å². The monoisotopic (exact) mass is 380 g/mol. The average Bonchev–Trinajstić information content (AvgIpc) is 2.54. The van der Waals surface area contributed by atoms with Crippen molar-refractivity contribution in [2.75, 3.05) is 0 Å². The van der Waals surface area contributed by atoms with E-state index in [1.165, 1.54) is 0 Å². The molecule has 0 unspecified atom stereocenters. The summed E-state index contributed by atoms with van der Waals surface area (Å²) < 4.78 is 4.62. The lowest BCUT2D eigenvalue weighted by Crippen LogP contribution is -2.42. The summed E-state index contributed by atoms with van der Waals surface area (Å²) in [4.78, 5) is 12.6. The van der Waals surface area contributed by atoms with Crippen molar-refractivity contribution in [3.8, 4) is 0 Å². The van der Waals surface area contributed by atoms with Crippen LogP contribution in [0.2, 0.25) is 0 Å². The van der Waals surface area contributed by atoms with Crippen molar-refractivity contribution in [1.29, 1.82) is 0 Å². The minimum absolute atomic E-state index is 0.336. The van der Waals surface area contributed by atoms with E-state index < -0.39 is 9.95 Å². The zero-order valence-corrected chi connectivity index (χ0v) is 14.7. The highest BCUT2D eigenvalue weighted by molar-refractivity contribution is 6.66. The molecule has 0 aliphatic carbocycles. The molecule has 2 aromatic carbocycles. The SMILES string of the molecule is O=C(OC(Cl)(Cl)Cl)c1c2ccccc2cc[n+]1Cc1ccccc1. The van der Waals surface area contributed by atoms with Gasteiger partial charge in [-0.25, -0.2) is 4.79 Å². The molecule has 0 bridgehead atoms. The minimum atomic E-state index is -2.11. The molecule has 0 aliphatic heterocycles. The molecular formula is C18H13Cl3NO2+. The first kappa shape index (κ1) is 17.0. The molecular weight excluding hydrogens is 369 g/mol. The Kier molecular flexibility index (Phi) is 4.95. The highest BCUT2D eigenvalue weighted by atomic mass is 35.6. The lowest BCUT2D eigenvalue weighted by atomic mass is 10.1. The predicted octanol–water partition coefficient (Wildman–Crippen LogP) is 4.66. The number of pyridine rings is 1. The van der Waals surface area contributed by atoms with Gasteiger partial charge in [0, 0.05) is 11.6 Å². The summed E-state index contributed by atoms with van der Waals surface area (Å²) in [6.07, 6.45) is 1.82. The number of carbonyl (C=O) groups excluding carboxylic acids is 1. The maximum absolute atomic E-state index is 12.6. The minimum Gasteiger partial charge on any atom is -0.406 e. The molecule has 0 radical (unpaired) electrons. The first-order chi connectivity index (χ1) is 11.4. The molecule has 0 atom stereocenters. The third kappa shape index (κ3) is 3.99. The van der Waals surface area contributed by atoms with Gasteiger partial charge < -0.3 is 4.74 Å². The number of hydrogen-bond acceptors (Lipinski definition) is 2. The fourth-order valence-corrected chi connectivity index (χ4v) is 2.76. The Balaban J connectivity index is 2.11. The summed E-state index contributed by atoms with van der Waals surface area (Å²) in [5, 5.41) is 1.63. The van der Waals surface area contributed by atoms with Crippen LogP contribution in [0, 0.1) is 0 Å². The van der Waals surface area contributed by atoms with Crippen molar-refractivity contribution >= 4 is 51.5 Å². The highest BCUT2D eigenvalue weighted by Gasteiger charge is 2.32. The van der Waals surface area contributed by atoms with Crippen molar-refractivity contribution in [2.45, 2.75) is 10.5 Å². The van der Waals surface area contributed by atoms with E-state index in [4.69, 9.17) is 39.5 Å². The van der Waals surface area contributed by atoms with Crippen LogP contribution >= 0.6 is 34.8 Å². The van der Waals surface area contributed by atoms with Crippen LogP contribution < -0.4 is 4.57 Å². The maximum atomic E-state index is 12.6. The number of benzene rings is 2. The first-order valence-electron chi connectivity index (χ1n) is 7.19. The molecule has 1 heterocycles. The van der Waals surface area contributed by atoms with Gasteiger partial charge in [-0.2, -0.15) is 4.57 Å². The summed E-state index contributed by atoms with van der Waals surface area (Å²) in [7, 11) is 0. The van der Waals surface area contributed by atoms with Crippen LogP contribution in [0.25, 0.3) is 10.8 Å². The molecule has 3 nitrogen and oxygen atoms in total. The molecule has 1 aromatic heterocycles. The Morgan fingerprint density at radius 3 is 2.33 bits per heavy atom. The zero-order valence-electron chi connectivity index (χ0n) is 12.5. The number of esters is 1. The summed E-state index contributed by atoms with van der Waals surface area (Å²) in [6.45, 7) is 0.496. The van der Waals surface area contributed by atoms with Gasteiger partial charge in [0.15, 0.2) is 12.7 Å². The molecule has 0 spiro atoms. The van der Waals surface area contributed by atoms with Gasteiger partial charge in [-0.3, -0.25) is 0 Å². The number of aromatic nitrogens is 1. The number of ether oxygens (including phenoxy) is 1. The summed E-state index contributed by atoms with van der Waals surface area (Å²) >= 11 is 16.9. The molecule has 0 fully saturated rings. The second kappa shape index (κ2) is 6.98. The second-order valence-corrected chi connectivity index (χ2v) is 7.38. The van der Waals surface area contributed by atoms with E-state index in [-0.39, 0.29) is 0 Å². The van der Waals surface area contributed by atoms with E-state index in [0.29, 0.717) is 12.2 Å². The standard InChI is InChI=1S/C18H13Cl3NO2/c19-18(20,21)24-17(23)16-15-9-5-4-8-14(15)10-11-22(16)12-13-6-2-1-3-7-13/h1-11H,12H2/q+1. The second-order valence-electron chi connectivity index (χ2n) is 5.20. The van der Waals surface area contributed by atoms with Crippen LogP contribution in [-0.2, 0) is 11.3 Å². The van der Waals surface area contributed by atoms with Gasteiger partial charge in [0.1, 0.15) is 0 Å². The Morgan fingerprint density at radius 2 is 1.62 bits per heavy atom. The van der Waals surface area contributed by atoms with Crippen molar-refractivity contribution in [2.24, 2.45) is 0 Å². The van der Waals surface area contributed by atoms with Gasteiger partial charge in [-0.1, -0.05) is 48.5 Å². The van der Waals surface area contributed by atoms with Crippen LogP contribution in [0.3, 0.4) is 0 Å². The van der Waals surface area contributed by atoms with Crippen LogP contribution in [0.1, 0.15) is 16.1 Å². The van der Waals surface area contributed by atoms with Crippen molar-refractivity contribution in [1.82, 2.24) is 0 Å². The number of alkyl halides is 3. The molecule has 0 aliphatic rings. The fraction of sp³-hybridized carbons (Fsp3) is 0.111. The largest absolute Gasteiger partial charge is 0.407 e. The van der Waals surface area contributed by atoms with Gasteiger partial charge in [-0.05, 0) is 46.3 Å². The van der Waals surface area contributed by atoms with Gasteiger partial charge in [0.05, 0.1) is 5.39 Å². The van der Waals surface area contributed by atoms with E-state index in [2.05, 4.69) is 0 Å². The third-order valence-corrected chi connectivity index (χ3v) is 3.77. The van der Waals surface area contributed by atoms with E-state index in [9.17, 15) is 4.79 Å². The molecule has 122 valence electrons. The van der Waals surface area contributed by atoms with Gasteiger partial charge in [-0.15, -0.1) is 0 Å². The summed E-state index contributed by atoms with van der Waals surface area (Å²) in [6, 6.07) is 19.2. The first-order valence-corrected chi connectivity index (χ1v) is 8.32. The fourth-order valence-electron chi connectivity index (χ4n) is 2.55. The smallest absolute Gasteiger partial charge is 0.406 e. The third-order valence-electron chi connectivity index (χ3n) is 3.53. The highest BCUT2D eigenvalue weighted by Crippen LogP contribution is 2.29. The number of halogens is 3. The van der Waals surface area contributed by atoms with Crippen molar-refractivity contribution in [3.05, 3.63) is 78.1 Å². The Bertz CT molecular complexity index is 876. The van der Waals surface area contributed by atoms with Crippen LogP contribution in [0.4, 0.5) is 0 Å². The number of fused-ring (bicyclic) bond motifs is 1.